The van der Waals surface area contributed by atoms with Crippen molar-refractivity contribution in [3.05, 3.63) is 36.0 Å². The molecule has 1 fully saturated rings. The third kappa shape index (κ3) is 1.54. The Morgan fingerprint density at radius 2 is 2.19 bits per heavy atom. The molecule has 0 bridgehead atoms. The summed E-state index contributed by atoms with van der Waals surface area (Å²) in [4.78, 5) is 3.36. The normalized spacial score (nSPS) is 22.7. The molecule has 2 N–H and O–H groups in total. The molecule has 1 aromatic carbocycles. The zero-order valence-corrected chi connectivity index (χ0v) is 9.66. The number of benzene rings is 1. The van der Waals surface area contributed by atoms with E-state index < -0.39 is 0 Å². The van der Waals surface area contributed by atoms with Crippen LogP contribution in [-0.4, -0.2) is 17.6 Å². The first-order valence-corrected chi connectivity index (χ1v) is 6.15. The lowest BCUT2D eigenvalue weighted by Crippen LogP contribution is -2.27. The number of hydrogen-bond donors (Lipinski definition) is 2. The van der Waals surface area contributed by atoms with Crippen LogP contribution in [0.15, 0.2) is 30.5 Å². The van der Waals surface area contributed by atoms with Gasteiger partial charge in [0.1, 0.15) is 0 Å². The number of aromatic nitrogens is 1. The average molecular weight is 214 g/mol. The van der Waals surface area contributed by atoms with E-state index in [4.69, 9.17) is 0 Å². The van der Waals surface area contributed by atoms with E-state index in [1.807, 2.05) is 0 Å². The summed E-state index contributed by atoms with van der Waals surface area (Å²) in [6.07, 6.45) is 4.80. The Hall–Kier alpha value is -1.28. The van der Waals surface area contributed by atoms with Gasteiger partial charge in [0.25, 0.3) is 0 Å². The van der Waals surface area contributed by atoms with Crippen molar-refractivity contribution in [2.24, 2.45) is 0 Å². The highest BCUT2D eigenvalue weighted by molar-refractivity contribution is 5.83. The van der Waals surface area contributed by atoms with Gasteiger partial charge in [-0.15, -0.1) is 0 Å². The number of H-pyrrole nitrogens is 1. The maximum atomic E-state index is 3.60. The summed E-state index contributed by atoms with van der Waals surface area (Å²) in [5.41, 5.74) is 2.71. The van der Waals surface area contributed by atoms with Crippen LogP contribution < -0.4 is 5.32 Å². The number of hydrogen-bond acceptors (Lipinski definition) is 1. The maximum absolute atomic E-state index is 3.60. The highest BCUT2D eigenvalue weighted by Crippen LogP contribution is 2.30. The monoisotopic (exact) mass is 214 g/mol. The summed E-state index contributed by atoms with van der Waals surface area (Å²) in [5.74, 6) is 0.596. The highest BCUT2D eigenvalue weighted by Gasteiger charge is 2.23. The fourth-order valence-corrected chi connectivity index (χ4v) is 2.83. The Morgan fingerprint density at radius 1 is 1.31 bits per heavy atom. The van der Waals surface area contributed by atoms with E-state index in [0.29, 0.717) is 12.0 Å². The second-order valence-corrected chi connectivity index (χ2v) is 4.78. The lowest BCUT2D eigenvalue weighted by molar-refractivity contribution is 0.520. The van der Waals surface area contributed by atoms with Gasteiger partial charge in [0.15, 0.2) is 0 Å². The van der Waals surface area contributed by atoms with Crippen LogP contribution in [0.3, 0.4) is 0 Å². The van der Waals surface area contributed by atoms with Crippen LogP contribution >= 0.6 is 0 Å². The smallest absolute Gasteiger partial charge is 0.0456 e. The Bertz CT molecular complexity index is 480. The second-order valence-electron chi connectivity index (χ2n) is 4.78. The van der Waals surface area contributed by atoms with Gasteiger partial charge in [-0.2, -0.15) is 0 Å². The maximum Gasteiger partial charge on any atom is 0.0456 e. The third-order valence-electron chi connectivity index (χ3n) is 3.81. The van der Waals surface area contributed by atoms with Crippen LogP contribution in [0, 0.1) is 0 Å². The van der Waals surface area contributed by atoms with E-state index in [2.05, 4.69) is 47.7 Å². The predicted molar refractivity (Wildman–Crippen MR) is 67.7 cm³/mol. The molecule has 2 atom stereocenters. The quantitative estimate of drug-likeness (QED) is 0.790. The van der Waals surface area contributed by atoms with Crippen LogP contribution in [0.4, 0.5) is 0 Å². The Balaban J connectivity index is 1.98. The van der Waals surface area contributed by atoms with Gasteiger partial charge >= 0.3 is 0 Å². The van der Waals surface area contributed by atoms with E-state index >= 15 is 0 Å². The molecule has 1 unspecified atom stereocenters. The van der Waals surface area contributed by atoms with E-state index in [1.165, 1.54) is 35.9 Å². The van der Waals surface area contributed by atoms with E-state index in [1.54, 1.807) is 0 Å². The van der Waals surface area contributed by atoms with Crippen molar-refractivity contribution in [3.8, 4) is 0 Å². The van der Waals surface area contributed by atoms with Crippen LogP contribution in [0.25, 0.3) is 10.9 Å². The van der Waals surface area contributed by atoms with E-state index in [-0.39, 0.29) is 0 Å². The first kappa shape index (κ1) is 9.91. The number of nitrogens with one attached hydrogen (secondary N) is 2. The van der Waals surface area contributed by atoms with Crippen LogP contribution in [0.5, 0.6) is 0 Å². The summed E-state index contributed by atoms with van der Waals surface area (Å²) in [5, 5.41) is 4.97. The van der Waals surface area contributed by atoms with Crippen molar-refractivity contribution in [2.75, 3.05) is 6.54 Å². The number of rotatable bonds is 2. The molecule has 1 aliphatic rings. The second kappa shape index (κ2) is 3.95. The molecule has 0 aliphatic carbocycles. The molecule has 1 saturated heterocycles. The third-order valence-corrected chi connectivity index (χ3v) is 3.81. The number of para-hydroxylation sites is 1. The van der Waals surface area contributed by atoms with Crippen molar-refractivity contribution < 1.29 is 0 Å². The molecule has 0 spiro atoms. The predicted octanol–water partition coefficient (Wildman–Crippen LogP) is 3.02. The summed E-state index contributed by atoms with van der Waals surface area (Å²) < 4.78 is 0. The molecule has 0 amide bonds. The Labute approximate surface area is 96.1 Å². The van der Waals surface area contributed by atoms with Crippen molar-refractivity contribution >= 4 is 10.9 Å². The zero-order valence-electron chi connectivity index (χ0n) is 9.66. The van der Waals surface area contributed by atoms with E-state index in [0.717, 1.165) is 0 Å². The minimum atomic E-state index is 0.596. The lowest BCUT2D eigenvalue weighted by atomic mass is 9.92. The topological polar surface area (TPSA) is 27.8 Å². The summed E-state index contributed by atoms with van der Waals surface area (Å²) in [6, 6.07) is 9.22. The molecular weight excluding hydrogens is 196 g/mol. The Kier molecular flexibility index (Phi) is 2.44. The molecule has 1 aliphatic heterocycles. The number of fused-ring (bicyclic) bond motifs is 1. The van der Waals surface area contributed by atoms with Crippen LogP contribution in [-0.2, 0) is 0 Å². The van der Waals surface area contributed by atoms with Gasteiger partial charge in [0.2, 0.25) is 0 Å². The first-order valence-electron chi connectivity index (χ1n) is 6.15. The fraction of sp³-hybridized carbons (Fsp3) is 0.429. The molecule has 2 heterocycles. The molecule has 2 heteroatoms. The van der Waals surface area contributed by atoms with Gasteiger partial charge in [0.05, 0.1) is 0 Å². The molecule has 2 nitrogen and oxygen atoms in total. The molecule has 16 heavy (non-hydrogen) atoms. The first-order chi connectivity index (χ1) is 7.86. The molecule has 1 aromatic heterocycles. The van der Waals surface area contributed by atoms with Gasteiger partial charge in [-0.1, -0.05) is 25.1 Å². The molecule has 2 aromatic rings. The molecule has 0 saturated carbocycles. The summed E-state index contributed by atoms with van der Waals surface area (Å²) in [7, 11) is 0. The van der Waals surface area contributed by atoms with Crippen molar-refractivity contribution in [3.63, 3.8) is 0 Å². The van der Waals surface area contributed by atoms with Crippen LogP contribution in [0.1, 0.15) is 31.2 Å². The van der Waals surface area contributed by atoms with Gasteiger partial charge in [0, 0.05) is 23.1 Å². The van der Waals surface area contributed by atoms with Gasteiger partial charge in [-0.25, -0.2) is 0 Å². The SMILES string of the molecule is CC(c1c[nH]c2ccccc12)[C@H]1CCCN1. The van der Waals surface area contributed by atoms with Gasteiger partial charge in [-0.3, -0.25) is 0 Å². The van der Waals surface area contributed by atoms with Gasteiger partial charge < -0.3 is 10.3 Å². The Morgan fingerprint density at radius 3 is 3.00 bits per heavy atom. The summed E-state index contributed by atoms with van der Waals surface area (Å²) >= 11 is 0. The highest BCUT2D eigenvalue weighted by atomic mass is 14.9. The lowest BCUT2D eigenvalue weighted by Gasteiger charge is -2.18. The van der Waals surface area contributed by atoms with Crippen molar-refractivity contribution in [2.45, 2.75) is 31.7 Å². The molecule has 0 radical (unpaired) electrons. The van der Waals surface area contributed by atoms with Crippen molar-refractivity contribution in [1.82, 2.24) is 10.3 Å². The zero-order chi connectivity index (χ0) is 11.0. The standard InChI is InChI=1S/C14H18N2/c1-10(13-7-4-8-15-13)12-9-16-14-6-3-2-5-11(12)14/h2-3,5-6,9-10,13,15-16H,4,7-8H2,1H3/t10?,13-/m1/s1. The van der Waals surface area contributed by atoms with Gasteiger partial charge in [-0.05, 0) is 36.9 Å². The summed E-state index contributed by atoms with van der Waals surface area (Å²) in [6.45, 7) is 3.51. The molecule has 3 rings (SSSR count). The minimum Gasteiger partial charge on any atom is -0.361 e. The molecular formula is C14H18N2. The van der Waals surface area contributed by atoms with E-state index in [9.17, 15) is 0 Å². The van der Waals surface area contributed by atoms with Crippen LogP contribution in [0.2, 0.25) is 0 Å². The average Bonchev–Trinajstić information content (AvgIpc) is 2.98. The largest absolute Gasteiger partial charge is 0.361 e. The minimum absolute atomic E-state index is 0.596. The fourth-order valence-electron chi connectivity index (χ4n) is 2.83. The van der Waals surface area contributed by atoms with Crippen molar-refractivity contribution in [1.29, 1.82) is 0 Å². The number of aromatic amines is 1. The molecule has 84 valence electrons.